The van der Waals surface area contributed by atoms with Crippen LogP contribution in [0.4, 0.5) is 5.69 Å². The second-order valence-electron chi connectivity index (χ2n) is 7.11. The van der Waals surface area contributed by atoms with E-state index in [4.69, 9.17) is 4.74 Å². The van der Waals surface area contributed by atoms with Crippen LogP contribution < -0.4 is 5.32 Å². The molecule has 0 unspecified atom stereocenters. The van der Waals surface area contributed by atoms with E-state index in [-0.39, 0.29) is 43.2 Å². The highest BCUT2D eigenvalue weighted by atomic mass is 16.6. The van der Waals surface area contributed by atoms with Gasteiger partial charge in [-0.05, 0) is 30.5 Å². The molecule has 0 saturated carbocycles. The number of carbonyl (C=O) groups excluding carboxylic acids is 4. The van der Waals surface area contributed by atoms with Crippen LogP contribution >= 0.6 is 0 Å². The fraction of sp³-hybridized carbons (Fsp3) is 0.429. The molecule has 172 valence electrons. The average molecular weight is 447 g/mol. The molecule has 11 heteroatoms. The van der Waals surface area contributed by atoms with Gasteiger partial charge in [-0.15, -0.1) is 0 Å². The number of aliphatic hydroxyl groups is 1. The van der Waals surface area contributed by atoms with E-state index in [1.165, 1.54) is 30.4 Å². The van der Waals surface area contributed by atoms with Crippen molar-refractivity contribution in [1.29, 1.82) is 0 Å². The minimum Gasteiger partial charge on any atom is -0.461 e. The summed E-state index contributed by atoms with van der Waals surface area (Å²) in [6.45, 7) is -0.0740. The molecule has 1 aliphatic heterocycles. The van der Waals surface area contributed by atoms with Crippen molar-refractivity contribution in [2.45, 2.75) is 45.3 Å². The molecular formula is C21H25N3O8. The molecule has 1 aromatic rings. The Bertz CT molecular complexity index is 894. The lowest BCUT2D eigenvalue weighted by Crippen LogP contribution is -2.34. The first kappa shape index (κ1) is 24.7. The summed E-state index contributed by atoms with van der Waals surface area (Å²) in [6.07, 6.45) is 4.48. The van der Waals surface area contributed by atoms with Crippen LogP contribution in [-0.4, -0.2) is 51.7 Å². The summed E-state index contributed by atoms with van der Waals surface area (Å²) in [5.74, 6) is -1.51. The zero-order valence-corrected chi connectivity index (χ0v) is 17.5. The van der Waals surface area contributed by atoms with Crippen molar-refractivity contribution in [2.24, 2.45) is 0 Å². The SMILES string of the molecule is O=C(CCN1C(=O)C=CC1=O)NCCCCCC(=O)OCc1ccc([N+](=O)[O-])c(CO)c1. The number of nitrogens with one attached hydrogen (secondary N) is 1. The van der Waals surface area contributed by atoms with Crippen molar-refractivity contribution < 1.29 is 33.9 Å². The van der Waals surface area contributed by atoms with E-state index < -0.39 is 29.3 Å². The fourth-order valence-corrected chi connectivity index (χ4v) is 3.02. The number of nitrogens with zero attached hydrogens (tertiary/aromatic N) is 2. The smallest absolute Gasteiger partial charge is 0.306 e. The molecule has 0 bridgehead atoms. The lowest BCUT2D eigenvalue weighted by molar-refractivity contribution is -0.385. The summed E-state index contributed by atoms with van der Waals surface area (Å²) in [4.78, 5) is 57.7. The highest BCUT2D eigenvalue weighted by Crippen LogP contribution is 2.20. The van der Waals surface area contributed by atoms with Gasteiger partial charge in [0.15, 0.2) is 0 Å². The van der Waals surface area contributed by atoms with Crippen LogP contribution in [0.25, 0.3) is 0 Å². The Morgan fingerprint density at radius 1 is 1.09 bits per heavy atom. The molecule has 0 saturated heterocycles. The Hall–Kier alpha value is -3.60. The average Bonchev–Trinajstić information content (AvgIpc) is 3.09. The topological polar surface area (TPSA) is 156 Å². The summed E-state index contributed by atoms with van der Waals surface area (Å²) in [5, 5.41) is 22.8. The first-order chi connectivity index (χ1) is 15.3. The molecular weight excluding hydrogens is 422 g/mol. The summed E-state index contributed by atoms with van der Waals surface area (Å²) in [6, 6.07) is 4.17. The lowest BCUT2D eigenvalue weighted by Gasteiger charge is -2.13. The van der Waals surface area contributed by atoms with Crippen molar-refractivity contribution in [3.63, 3.8) is 0 Å². The molecule has 2 rings (SSSR count). The highest BCUT2D eigenvalue weighted by Gasteiger charge is 2.23. The molecule has 0 aromatic heterocycles. The van der Waals surface area contributed by atoms with Gasteiger partial charge in [-0.1, -0.05) is 6.42 Å². The minimum atomic E-state index is -0.587. The number of aliphatic hydroxyl groups excluding tert-OH is 1. The van der Waals surface area contributed by atoms with Gasteiger partial charge < -0.3 is 15.2 Å². The van der Waals surface area contributed by atoms with Gasteiger partial charge in [0, 0.05) is 44.1 Å². The molecule has 0 aliphatic carbocycles. The molecule has 1 aromatic carbocycles. The Kier molecular flexibility index (Phi) is 9.48. The predicted octanol–water partition coefficient (Wildman–Crippen LogP) is 1.12. The van der Waals surface area contributed by atoms with E-state index in [9.17, 15) is 34.4 Å². The monoisotopic (exact) mass is 447 g/mol. The number of esters is 1. The number of imide groups is 1. The quantitative estimate of drug-likeness (QED) is 0.150. The first-order valence-electron chi connectivity index (χ1n) is 10.1. The van der Waals surface area contributed by atoms with Gasteiger partial charge >= 0.3 is 5.97 Å². The van der Waals surface area contributed by atoms with Crippen LogP contribution in [0.5, 0.6) is 0 Å². The Morgan fingerprint density at radius 3 is 2.47 bits per heavy atom. The molecule has 11 nitrogen and oxygen atoms in total. The maximum absolute atomic E-state index is 11.8. The zero-order valence-electron chi connectivity index (χ0n) is 17.5. The number of ether oxygens (including phenoxy) is 1. The van der Waals surface area contributed by atoms with Crippen LogP contribution in [0, 0.1) is 10.1 Å². The van der Waals surface area contributed by atoms with Crippen LogP contribution in [0.15, 0.2) is 30.4 Å². The molecule has 0 radical (unpaired) electrons. The molecule has 1 aliphatic rings. The van der Waals surface area contributed by atoms with Gasteiger partial charge in [-0.2, -0.15) is 0 Å². The number of nitro groups is 1. The number of hydrogen-bond donors (Lipinski definition) is 2. The predicted molar refractivity (Wildman–Crippen MR) is 111 cm³/mol. The second kappa shape index (κ2) is 12.3. The van der Waals surface area contributed by atoms with E-state index in [1.54, 1.807) is 0 Å². The number of hydrogen-bond acceptors (Lipinski definition) is 8. The number of nitro benzene ring substituents is 1. The molecule has 1 heterocycles. The minimum absolute atomic E-state index is 0.0339. The number of unbranched alkanes of at least 4 members (excludes halogenated alkanes) is 2. The Balaban J connectivity index is 1.55. The van der Waals surface area contributed by atoms with Crippen molar-refractivity contribution in [3.8, 4) is 0 Å². The zero-order chi connectivity index (χ0) is 23.5. The van der Waals surface area contributed by atoms with Crippen molar-refractivity contribution in [3.05, 3.63) is 51.6 Å². The molecule has 32 heavy (non-hydrogen) atoms. The van der Waals surface area contributed by atoms with Gasteiger partial charge in [-0.3, -0.25) is 34.2 Å². The van der Waals surface area contributed by atoms with Crippen LogP contribution in [0.1, 0.15) is 43.2 Å². The third-order valence-corrected chi connectivity index (χ3v) is 4.75. The van der Waals surface area contributed by atoms with E-state index in [0.717, 1.165) is 4.90 Å². The molecule has 0 spiro atoms. The van der Waals surface area contributed by atoms with E-state index in [0.29, 0.717) is 31.4 Å². The van der Waals surface area contributed by atoms with Gasteiger partial charge in [0.1, 0.15) is 6.61 Å². The van der Waals surface area contributed by atoms with E-state index in [2.05, 4.69) is 5.32 Å². The lowest BCUT2D eigenvalue weighted by atomic mass is 10.1. The van der Waals surface area contributed by atoms with Crippen LogP contribution in [0.2, 0.25) is 0 Å². The third kappa shape index (κ3) is 7.58. The number of rotatable bonds is 13. The van der Waals surface area contributed by atoms with E-state index >= 15 is 0 Å². The summed E-state index contributed by atoms with van der Waals surface area (Å²) >= 11 is 0. The molecule has 0 fully saturated rings. The molecule has 3 amide bonds. The number of amides is 3. The molecule has 0 atom stereocenters. The van der Waals surface area contributed by atoms with Crippen LogP contribution in [0.3, 0.4) is 0 Å². The van der Waals surface area contributed by atoms with Crippen molar-refractivity contribution >= 4 is 29.4 Å². The van der Waals surface area contributed by atoms with Crippen molar-refractivity contribution in [2.75, 3.05) is 13.1 Å². The normalized spacial score (nSPS) is 12.8. The summed E-state index contributed by atoms with van der Waals surface area (Å²) in [7, 11) is 0. The number of carbonyl (C=O) groups is 4. The second-order valence-corrected chi connectivity index (χ2v) is 7.11. The summed E-state index contributed by atoms with van der Waals surface area (Å²) in [5.41, 5.74) is 0.509. The van der Waals surface area contributed by atoms with Crippen molar-refractivity contribution in [1.82, 2.24) is 10.2 Å². The maximum atomic E-state index is 11.8. The first-order valence-corrected chi connectivity index (χ1v) is 10.1. The molecule has 2 N–H and O–H groups in total. The van der Waals surface area contributed by atoms with Gasteiger partial charge in [0.05, 0.1) is 17.1 Å². The fourth-order valence-electron chi connectivity index (χ4n) is 3.02. The largest absolute Gasteiger partial charge is 0.461 e. The highest BCUT2D eigenvalue weighted by molar-refractivity contribution is 6.13. The Morgan fingerprint density at radius 2 is 1.81 bits per heavy atom. The summed E-state index contributed by atoms with van der Waals surface area (Å²) < 4.78 is 5.15. The number of benzene rings is 1. The van der Waals surface area contributed by atoms with Crippen LogP contribution in [-0.2, 0) is 37.1 Å². The standard InChI is InChI=1S/C21H25N3O8/c25-13-16-12-15(5-6-17(16)24(30)31)14-32-21(29)4-2-1-3-10-22-18(26)9-11-23-19(27)7-8-20(23)28/h5-8,12,25H,1-4,9-11,13-14H2,(H,22,26). The Labute approximate surface area is 184 Å². The van der Waals surface area contributed by atoms with Gasteiger partial charge in [0.25, 0.3) is 17.5 Å². The maximum Gasteiger partial charge on any atom is 0.306 e. The van der Waals surface area contributed by atoms with E-state index in [1.807, 2.05) is 0 Å². The van der Waals surface area contributed by atoms with Gasteiger partial charge in [-0.25, -0.2) is 0 Å². The third-order valence-electron chi connectivity index (χ3n) is 4.75. The van der Waals surface area contributed by atoms with Gasteiger partial charge in [0.2, 0.25) is 5.91 Å².